The molecule has 1 aliphatic heterocycles. The van der Waals surface area contributed by atoms with Gasteiger partial charge in [-0.25, -0.2) is 0 Å². The summed E-state index contributed by atoms with van der Waals surface area (Å²) in [6, 6.07) is 0. The van der Waals surface area contributed by atoms with E-state index in [9.17, 15) is 10.2 Å². The molecule has 212 valence electrons. The topological polar surface area (TPSA) is 68.2 Å². The maximum atomic E-state index is 11.8. The van der Waals surface area contributed by atoms with E-state index in [0.29, 0.717) is 17.3 Å². The highest BCUT2D eigenvalue weighted by molar-refractivity contribution is 5.33. The number of rotatable bonds is 4. The third kappa shape index (κ3) is 3.05. The third-order valence-electron chi connectivity index (χ3n) is 14.6. The second-order valence-electron chi connectivity index (χ2n) is 16.3. The first-order valence-corrected chi connectivity index (χ1v) is 15.2. The van der Waals surface area contributed by atoms with E-state index in [0.717, 1.165) is 38.5 Å². The summed E-state index contributed by atoms with van der Waals surface area (Å²) in [5.41, 5.74) is -0.0846. The van der Waals surface area contributed by atoms with Gasteiger partial charge in [0, 0.05) is 20.1 Å². The predicted octanol–water partition coefficient (Wildman–Crippen LogP) is 5.74. The van der Waals surface area contributed by atoms with Crippen LogP contribution in [0.3, 0.4) is 0 Å². The highest BCUT2D eigenvalue weighted by atomic mass is 16.6. The summed E-state index contributed by atoms with van der Waals surface area (Å²) in [5.74, 6) is 1.02. The van der Waals surface area contributed by atoms with Crippen molar-refractivity contribution in [3.8, 4) is 0 Å². The molecule has 2 N–H and O–H groups in total. The van der Waals surface area contributed by atoms with Crippen LogP contribution in [0.5, 0.6) is 0 Å². The largest absolute Gasteiger partial charge is 0.393 e. The zero-order chi connectivity index (χ0) is 27.0. The molecule has 1 heterocycles. The minimum atomic E-state index is -0.338. The first-order chi connectivity index (χ1) is 17.1. The van der Waals surface area contributed by atoms with Crippen LogP contribution in [0.1, 0.15) is 106 Å². The maximum absolute atomic E-state index is 11.8. The van der Waals surface area contributed by atoms with Crippen LogP contribution in [0.25, 0.3) is 0 Å². The third-order valence-corrected chi connectivity index (χ3v) is 14.6. The van der Waals surface area contributed by atoms with E-state index >= 15 is 0 Å². The van der Waals surface area contributed by atoms with Crippen molar-refractivity contribution in [2.24, 2.45) is 44.8 Å². The molecule has 5 heteroatoms. The van der Waals surface area contributed by atoms with Crippen LogP contribution in [0, 0.1) is 44.8 Å². The Labute approximate surface area is 225 Å². The van der Waals surface area contributed by atoms with Crippen LogP contribution in [-0.2, 0) is 14.2 Å². The molecule has 0 bridgehead atoms. The summed E-state index contributed by atoms with van der Waals surface area (Å²) in [7, 11) is 3.70. The van der Waals surface area contributed by atoms with Gasteiger partial charge in [-0.15, -0.1) is 0 Å². The minimum Gasteiger partial charge on any atom is -0.393 e. The van der Waals surface area contributed by atoms with E-state index < -0.39 is 0 Å². The molecule has 5 aliphatic carbocycles. The van der Waals surface area contributed by atoms with E-state index in [1.165, 1.54) is 19.3 Å². The van der Waals surface area contributed by atoms with Crippen molar-refractivity contribution in [1.82, 2.24) is 0 Å². The summed E-state index contributed by atoms with van der Waals surface area (Å²) in [6.45, 7) is 16.2. The Morgan fingerprint density at radius 1 is 0.838 bits per heavy atom. The molecule has 0 radical (unpaired) electrons. The van der Waals surface area contributed by atoms with Crippen LogP contribution in [0.15, 0.2) is 0 Å². The van der Waals surface area contributed by atoms with Crippen molar-refractivity contribution in [2.45, 2.75) is 142 Å². The zero-order valence-corrected chi connectivity index (χ0v) is 25.0. The average Bonchev–Trinajstić information content (AvgIpc) is 3.16. The molecule has 6 aliphatic rings. The van der Waals surface area contributed by atoms with Gasteiger partial charge in [0.15, 0.2) is 0 Å². The first kappa shape index (κ1) is 27.0. The summed E-state index contributed by atoms with van der Waals surface area (Å²) in [5, 5.41) is 22.8. The molecule has 2 spiro atoms. The van der Waals surface area contributed by atoms with E-state index in [1.54, 1.807) is 7.11 Å². The molecular weight excluding hydrogens is 464 g/mol. The number of methoxy groups -OCH3 is 2. The lowest BCUT2D eigenvalue weighted by Gasteiger charge is -2.64. The molecule has 1 saturated heterocycles. The summed E-state index contributed by atoms with van der Waals surface area (Å²) in [4.78, 5) is 0. The van der Waals surface area contributed by atoms with Crippen LogP contribution >= 0.6 is 0 Å². The molecule has 1 unspecified atom stereocenters. The summed E-state index contributed by atoms with van der Waals surface area (Å²) in [6.07, 6.45) is 9.23. The Bertz CT molecular complexity index is 947. The monoisotopic (exact) mass is 518 g/mol. The van der Waals surface area contributed by atoms with Crippen molar-refractivity contribution in [2.75, 3.05) is 14.2 Å². The molecule has 6 rings (SSSR count). The van der Waals surface area contributed by atoms with Gasteiger partial charge >= 0.3 is 0 Å². The van der Waals surface area contributed by atoms with Crippen molar-refractivity contribution < 1.29 is 24.4 Å². The van der Waals surface area contributed by atoms with Gasteiger partial charge in [-0.05, 0) is 117 Å². The van der Waals surface area contributed by atoms with Gasteiger partial charge in [-0.2, -0.15) is 0 Å². The molecular formula is C32H54O5. The quantitative estimate of drug-likeness (QED) is 0.496. The predicted molar refractivity (Wildman–Crippen MR) is 144 cm³/mol. The van der Waals surface area contributed by atoms with E-state index in [2.05, 4.69) is 48.5 Å². The lowest BCUT2D eigenvalue weighted by atomic mass is 9.41. The fraction of sp³-hybridized carbons (Fsp3) is 1.00. The highest BCUT2D eigenvalue weighted by Gasteiger charge is 2.84. The van der Waals surface area contributed by atoms with Crippen molar-refractivity contribution in [3.63, 3.8) is 0 Å². The molecule has 37 heavy (non-hydrogen) atoms. The molecule has 6 fully saturated rings. The summed E-state index contributed by atoms with van der Waals surface area (Å²) < 4.78 is 19.2. The number of fused-ring (bicyclic) bond motifs is 2. The smallest absolute Gasteiger partial charge is 0.0883 e. The van der Waals surface area contributed by atoms with Crippen molar-refractivity contribution in [1.29, 1.82) is 0 Å². The lowest BCUT2D eigenvalue weighted by molar-refractivity contribution is -0.215. The fourth-order valence-electron chi connectivity index (χ4n) is 12.4. The number of ether oxygens (including phenoxy) is 3. The van der Waals surface area contributed by atoms with Gasteiger partial charge in [0.2, 0.25) is 0 Å². The molecule has 0 amide bonds. The van der Waals surface area contributed by atoms with Crippen LogP contribution in [-0.4, -0.2) is 60.1 Å². The SMILES string of the molecule is CO[C@H]1C[C@@]2(C)[C@@H]3C[C@H](O)[C@H]4C(C)(C)[C@@H](O)CC[C@@]45C[C@@]35CC[C@]2(C)C1[C@@]1(C)CC[C@@H](C(C)(C)OC)O1. The van der Waals surface area contributed by atoms with Gasteiger partial charge in [0.05, 0.1) is 35.6 Å². The van der Waals surface area contributed by atoms with Crippen molar-refractivity contribution >= 4 is 0 Å². The minimum absolute atomic E-state index is 0.0878. The van der Waals surface area contributed by atoms with E-state index in [1.807, 2.05) is 7.11 Å². The Morgan fingerprint density at radius 3 is 2.19 bits per heavy atom. The average molecular weight is 519 g/mol. The van der Waals surface area contributed by atoms with E-state index in [-0.39, 0.29) is 63.2 Å². The highest BCUT2D eigenvalue weighted by Crippen LogP contribution is 2.89. The van der Waals surface area contributed by atoms with Gasteiger partial charge < -0.3 is 24.4 Å². The van der Waals surface area contributed by atoms with Gasteiger partial charge in [-0.3, -0.25) is 0 Å². The standard InChI is InChI=1S/C32H54O5/c1-26(2)22(34)10-13-32-18-31(32)15-14-28(5)25(30(7)12-11-23(37-30)27(3,4)36-9)20(35-8)17-29(28,6)21(31)16-19(33)24(26)32/h19-25,33-34H,10-18H2,1-9H3/t19-,20-,21-,22-,23-,24-,25?,28+,29-,30+,31-,32+/m0/s1. The normalized spacial score (nSPS) is 58.3. The first-order valence-electron chi connectivity index (χ1n) is 15.2. The Morgan fingerprint density at radius 2 is 1.54 bits per heavy atom. The number of hydrogen-bond donors (Lipinski definition) is 2. The molecule has 0 aromatic rings. The second-order valence-corrected chi connectivity index (χ2v) is 16.3. The molecule has 12 atom stereocenters. The second kappa shape index (κ2) is 7.75. The Kier molecular flexibility index (Phi) is 5.65. The Balaban J connectivity index is 1.37. The maximum Gasteiger partial charge on any atom is 0.0883 e. The van der Waals surface area contributed by atoms with E-state index in [4.69, 9.17) is 14.2 Å². The van der Waals surface area contributed by atoms with Crippen molar-refractivity contribution in [3.05, 3.63) is 0 Å². The molecule has 0 aromatic carbocycles. The number of aliphatic hydroxyl groups is 2. The van der Waals surface area contributed by atoms with Crippen LogP contribution in [0.4, 0.5) is 0 Å². The molecule has 0 aromatic heterocycles. The zero-order valence-electron chi connectivity index (χ0n) is 25.0. The van der Waals surface area contributed by atoms with Crippen LogP contribution < -0.4 is 0 Å². The van der Waals surface area contributed by atoms with Gasteiger partial charge in [0.25, 0.3) is 0 Å². The van der Waals surface area contributed by atoms with Gasteiger partial charge in [-0.1, -0.05) is 27.7 Å². The Hall–Kier alpha value is -0.200. The number of aliphatic hydroxyl groups excluding tert-OH is 2. The molecule has 5 nitrogen and oxygen atoms in total. The summed E-state index contributed by atoms with van der Waals surface area (Å²) >= 11 is 0. The van der Waals surface area contributed by atoms with Gasteiger partial charge in [0.1, 0.15) is 0 Å². The number of hydrogen-bond acceptors (Lipinski definition) is 5. The lowest BCUT2D eigenvalue weighted by Crippen LogP contribution is -2.62. The molecule has 5 saturated carbocycles. The fourth-order valence-corrected chi connectivity index (χ4v) is 12.4. The van der Waals surface area contributed by atoms with Crippen LogP contribution in [0.2, 0.25) is 0 Å².